The molecule has 0 radical (unpaired) electrons. The SMILES string of the molecule is CCCCNC(=O)Cc1cnc2ccccc2c1-c1cccc(OCc2ccccc2)c1. The lowest BCUT2D eigenvalue weighted by atomic mass is 9.94. The van der Waals surface area contributed by atoms with Crippen LogP contribution in [0, 0.1) is 0 Å². The van der Waals surface area contributed by atoms with E-state index < -0.39 is 0 Å². The number of fused-ring (bicyclic) bond motifs is 1. The zero-order valence-corrected chi connectivity index (χ0v) is 18.4. The Morgan fingerprint density at radius 3 is 2.62 bits per heavy atom. The standard InChI is InChI=1S/C28H28N2O2/c1-2-3-16-29-27(31)18-23-19-30-26-15-8-7-14-25(26)28(23)22-12-9-13-24(17-22)32-20-21-10-5-4-6-11-21/h4-15,17,19H,2-3,16,18,20H2,1H3,(H,29,31). The molecule has 0 saturated carbocycles. The van der Waals surface area contributed by atoms with Gasteiger partial charge < -0.3 is 10.1 Å². The van der Waals surface area contributed by atoms with E-state index in [1.807, 2.05) is 60.8 Å². The summed E-state index contributed by atoms with van der Waals surface area (Å²) in [5.74, 6) is 0.818. The number of benzene rings is 3. The molecule has 0 aliphatic carbocycles. The van der Waals surface area contributed by atoms with Crippen molar-refractivity contribution in [3.05, 3.63) is 96.2 Å². The van der Waals surface area contributed by atoms with Crippen molar-refractivity contribution in [1.29, 1.82) is 0 Å². The lowest BCUT2D eigenvalue weighted by Gasteiger charge is -2.15. The molecule has 32 heavy (non-hydrogen) atoms. The van der Waals surface area contributed by atoms with E-state index in [1.165, 1.54) is 0 Å². The number of nitrogens with one attached hydrogen (secondary N) is 1. The highest BCUT2D eigenvalue weighted by Crippen LogP contribution is 2.33. The molecule has 4 aromatic rings. The molecule has 0 unspecified atom stereocenters. The van der Waals surface area contributed by atoms with Gasteiger partial charge in [-0.15, -0.1) is 0 Å². The van der Waals surface area contributed by atoms with E-state index in [2.05, 4.69) is 41.5 Å². The van der Waals surface area contributed by atoms with Gasteiger partial charge in [0.15, 0.2) is 0 Å². The Balaban J connectivity index is 1.65. The topological polar surface area (TPSA) is 51.2 Å². The Hall–Kier alpha value is -3.66. The van der Waals surface area contributed by atoms with Crippen LogP contribution >= 0.6 is 0 Å². The van der Waals surface area contributed by atoms with Gasteiger partial charge in [-0.3, -0.25) is 9.78 Å². The number of carbonyl (C=O) groups excluding carboxylic acids is 1. The largest absolute Gasteiger partial charge is 0.489 e. The van der Waals surface area contributed by atoms with Crippen LogP contribution in [0.4, 0.5) is 0 Å². The number of pyridine rings is 1. The molecular formula is C28H28N2O2. The van der Waals surface area contributed by atoms with Gasteiger partial charge in [-0.25, -0.2) is 0 Å². The minimum absolute atomic E-state index is 0.0215. The summed E-state index contributed by atoms with van der Waals surface area (Å²) in [7, 11) is 0. The summed E-state index contributed by atoms with van der Waals surface area (Å²) in [4.78, 5) is 17.2. The van der Waals surface area contributed by atoms with Gasteiger partial charge in [0.1, 0.15) is 12.4 Å². The van der Waals surface area contributed by atoms with E-state index >= 15 is 0 Å². The van der Waals surface area contributed by atoms with E-state index in [0.717, 1.165) is 51.7 Å². The van der Waals surface area contributed by atoms with Crippen LogP contribution in [0.3, 0.4) is 0 Å². The molecule has 0 spiro atoms. The Bertz CT molecular complexity index is 1190. The molecule has 0 bridgehead atoms. The lowest BCUT2D eigenvalue weighted by molar-refractivity contribution is -0.120. The number of carbonyl (C=O) groups is 1. The van der Waals surface area contributed by atoms with Crippen LogP contribution in [0.1, 0.15) is 30.9 Å². The van der Waals surface area contributed by atoms with Gasteiger partial charge in [0.05, 0.1) is 11.9 Å². The Morgan fingerprint density at radius 1 is 0.969 bits per heavy atom. The maximum atomic E-state index is 12.6. The van der Waals surface area contributed by atoms with Crippen molar-refractivity contribution in [2.45, 2.75) is 32.8 Å². The highest BCUT2D eigenvalue weighted by molar-refractivity contribution is 5.97. The summed E-state index contributed by atoms with van der Waals surface area (Å²) in [6, 6.07) is 26.2. The summed E-state index contributed by atoms with van der Waals surface area (Å²) < 4.78 is 6.06. The van der Waals surface area contributed by atoms with Gasteiger partial charge in [0.25, 0.3) is 0 Å². The minimum atomic E-state index is 0.0215. The fraction of sp³-hybridized carbons (Fsp3) is 0.214. The number of ether oxygens (including phenoxy) is 1. The number of unbranched alkanes of at least 4 members (excludes halogenated alkanes) is 1. The van der Waals surface area contributed by atoms with Gasteiger partial charge in [-0.2, -0.15) is 0 Å². The number of hydrogen-bond acceptors (Lipinski definition) is 3. The predicted octanol–water partition coefficient (Wildman–Crippen LogP) is 5.94. The van der Waals surface area contributed by atoms with Gasteiger partial charge in [0.2, 0.25) is 5.91 Å². The zero-order valence-electron chi connectivity index (χ0n) is 18.4. The van der Waals surface area contributed by atoms with Crippen LogP contribution in [-0.4, -0.2) is 17.4 Å². The number of rotatable bonds is 9. The molecule has 1 amide bonds. The first kappa shape index (κ1) is 21.6. The Morgan fingerprint density at radius 2 is 1.78 bits per heavy atom. The number of amides is 1. The summed E-state index contributed by atoms with van der Waals surface area (Å²) >= 11 is 0. The molecule has 0 aliphatic heterocycles. The Kier molecular flexibility index (Phi) is 7.13. The maximum absolute atomic E-state index is 12.6. The molecule has 0 fully saturated rings. The van der Waals surface area contributed by atoms with Crippen LogP contribution in [0.25, 0.3) is 22.0 Å². The normalized spacial score (nSPS) is 10.8. The smallest absolute Gasteiger partial charge is 0.224 e. The predicted molar refractivity (Wildman–Crippen MR) is 130 cm³/mol. The molecule has 4 rings (SSSR count). The second kappa shape index (κ2) is 10.6. The minimum Gasteiger partial charge on any atom is -0.489 e. The van der Waals surface area contributed by atoms with E-state index in [9.17, 15) is 4.79 Å². The van der Waals surface area contributed by atoms with Gasteiger partial charge in [-0.1, -0.05) is 74.0 Å². The fourth-order valence-electron chi connectivity index (χ4n) is 3.78. The lowest BCUT2D eigenvalue weighted by Crippen LogP contribution is -2.26. The number of nitrogens with zero attached hydrogens (tertiary/aromatic N) is 1. The molecule has 1 N–H and O–H groups in total. The average molecular weight is 425 g/mol. The first-order chi connectivity index (χ1) is 15.7. The van der Waals surface area contributed by atoms with E-state index in [1.54, 1.807) is 0 Å². The number of aromatic nitrogens is 1. The number of para-hydroxylation sites is 1. The van der Waals surface area contributed by atoms with E-state index in [0.29, 0.717) is 19.6 Å². The first-order valence-electron chi connectivity index (χ1n) is 11.1. The van der Waals surface area contributed by atoms with Gasteiger partial charge in [-0.05, 0) is 46.9 Å². The van der Waals surface area contributed by atoms with Crippen molar-refractivity contribution in [1.82, 2.24) is 10.3 Å². The first-order valence-corrected chi connectivity index (χ1v) is 11.1. The van der Waals surface area contributed by atoms with Crippen molar-refractivity contribution in [3.63, 3.8) is 0 Å². The van der Waals surface area contributed by atoms with Crippen LogP contribution in [-0.2, 0) is 17.8 Å². The van der Waals surface area contributed by atoms with E-state index in [-0.39, 0.29) is 5.91 Å². The third-order valence-electron chi connectivity index (χ3n) is 5.43. The second-order valence-electron chi connectivity index (χ2n) is 7.86. The molecule has 4 nitrogen and oxygen atoms in total. The molecule has 0 saturated heterocycles. The third kappa shape index (κ3) is 5.33. The highest BCUT2D eigenvalue weighted by atomic mass is 16.5. The molecular weight excluding hydrogens is 396 g/mol. The van der Waals surface area contributed by atoms with Crippen molar-refractivity contribution < 1.29 is 9.53 Å². The van der Waals surface area contributed by atoms with Crippen molar-refractivity contribution in [3.8, 4) is 16.9 Å². The summed E-state index contributed by atoms with van der Waals surface area (Å²) in [5, 5.41) is 4.05. The highest BCUT2D eigenvalue weighted by Gasteiger charge is 2.14. The summed E-state index contributed by atoms with van der Waals surface area (Å²) in [5.41, 5.74) is 5.00. The Labute approximate surface area is 189 Å². The van der Waals surface area contributed by atoms with Crippen molar-refractivity contribution >= 4 is 16.8 Å². The molecule has 0 aliphatic rings. The van der Waals surface area contributed by atoms with Crippen LogP contribution in [0.2, 0.25) is 0 Å². The molecule has 3 aromatic carbocycles. The zero-order chi connectivity index (χ0) is 22.2. The third-order valence-corrected chi connectivity index (χ3v) is 5.43. The monoisotopic (exact) mass is 424 g/mol. The summed E-state index contributed by atoms with van der Waals surface area (Å²) in [6.45, 7) is 3.33. The van der Waals surface area contributed by atoms with Crippen LogP contribution < -0.4 is 10.1 Å². The fourth-order valence-corrected chi connectivity index (χ4v) is 3.78. The molecule has 4 heteroatoms. The van der Waals surface area contributed by atoms with Crippen molar-refractivity contribution in [2.24, 2.45) is 0 Å². The summed E-state index contributed by atoms with van der Waals surface area (Å²) in [6.07, 6.45) is 4.16. The number of hydrogen-bond donors (Lipinski definition) is 1. The molecule has 0 atom stereocenters. The quantitative estimate of drug-likeness (QED) is 0.338. The van der Waals surface area contributed by atoms with Crippen LogP contribution in [0.15, 0.2) is 85.1 Å². The second-order valence-corrected chi connectivity index (χ2v) is 7.86. The van der Waals surface area contributed by atoms with Crippen LogP contribution in [0.5, 0.6) is 5.75 Å². The van der Waals surface area contributed by atoms with Gasteiger partial charge >= 0.3 is 0 Å². The van der Waals surface area contributed by atoms with E-state index in [4.69, 9.17) is 4.74 Å². The molecule has 162 valence electrons. The molecule has 1 aromatic heterocycles. The maximum Gasteiger partial charge on any atom is 0.224 e. The molecule has 1 heterocycles. The average Bonchev–Trinajstić information content (AvgIpc) is 2.83. The van der Waals surface area contributed by atoms with Crippen molar-refractivity contribution in [2.75, 3.05) is 6.54 Å². The van der Waals surface area contributed by atoms with Gasteiger partial charge in [0, 0.05) is 18.1 Å².